The Hall–Kier alpha value is -2.11. The van der Waals surface area contributed by atoms with Crippen LogP contribution in [-0.2, 0) is 19.1 Å². The van der Waals surface area contributed by atoms with Crippen LogP contribution in [0.1, 0.15) is 53.4 Å². The smallest absolute Gasteiger partial charge is 0.313 e. The van der Waals surface area contributed by atoms with Gasteiger partial charge in [-0.1, -0.05) is 13.8 Å². The van der Waals surface area contributed by atoms with Crippen LogP contribution in [0, 0.1) is 29.1 Å². The van der Waals surface area contributed by atoms with E-state index in [1.165, 1.54) is 0 Å². The summed E-state index contributed by atoms with van der Waals surface area (Å²) < 4.78 is 80.8. The average Bonchev–Trinajstić information content (AvgIpc) is 2.79. The molecule has 6 nitrogen and oxygen atoms in total. The Morgan fingerprint density at radius 3 is 1.81 bits per heavy atom. The molecule has 0 aliphatic rings. The maximum Gasteiger partial charge on any atom is 0.313 e. The topological polar surface area (TPSA) is 82.1 Å². The van der Waals surface area contributed by atoms with Crippen LogP contribution in [0.2, 0.25) is 0 Å². The maximum absolute atomic E-state index is 13.4. The first-order valence-corrected chi connectivity index (χ1v) is 9.84. The molecule has 1 rings (SSSR count). The Balaban J connectivity index is 0. The van der Waals surface area contributed by atoms with Gasteiger partial charge in [0.15, 0.2) is 0 Å². The molecule has 0 saturated carbocycles. The van der Waals surface area contributed by atoms with E-state index in [-0.39, 0.29) is 13.2 Å². The van der Waals surface area contributed by atoms with E-state index < -0.39 is 52.8 Å². The molecule has 0 spiro atoms. The van der Waals surface area contributed by atoms with Gasteiger partial charge in [-0.15, -0.1) is 0 Å². The number of benzene rings is 1. The van der Waals surface area contributed by atoms with E-state index in [0.29, 0.717) is 19.4 Å². The number of aliphatic hydroxyl groups excluding tert-OH is 1. The number of hydrogen-bond acceptors (Lipinski definition) is 6. The minimum atomic E-state index is -2.32. The highest BCUT2D eigenvalue weighted by atomic mass is 19.2. The average molecular weight is 474 g/mol. The zero-order valence-electron chi connectivity index (χ0n) is 18.9. The zero-order valence-corrected chi connectivity index (χ0v) is 18.9. The summed E-state index contributed by atoms with van der Waals surface area (Å²) in [5.74, 6) is -13.9. The molecule has 0 saturated heterocycles. The van der Waals surface area contributed by atoms with Crippen LogP contribution in [0.4, 0.5) is 22.0 Å². The summed E-state index contributed by atoms with van der Waals surface area (Å²) in [5.41, 5.74) is -0.411. The Kier molecular flexibility index (Phi) is 17.5. The van der Waals surface area contributed by atoms with Crippen LogP contribution < -0.4 is 4.74 Å². The van der Waals surface area contributed by atoms with Gasteiger partial charge in [-0.25, -0.2) is 13.2 Å². The second-order valence-corrected chi connectivity index (χ2v) is 6.67. The van der Waals surface area contributed by atoms with Crippen molar-refractivity contribution in [3.8, 4) is 5.75 Å². The fraction of sp³-hybridized carbons (Fsp3) is 0.619. The van der Waals surface area contributed by atoms with Gasteiger partial charge < -0.3 is 24.1 Å². The number of hydrogen-bond donors (Lipinski definition) is 1. The van der Waals surface area contributed by atoms with Gasteiger partial charge in [0.05, 0.1) is 18.6 Å². The molecule has 186 valence electrons. The highest BCUT2D eigenvalue weighted by molar-refractivity contribution is 5.72. The number of aliphatic hydroxyl groups is 1. The van der Waals surface area contributed by atoms with Gasteiger partial charge in [0.25, 0.3) is 0 Å². The second kappa shape index (κ2) is 17.4. The van der Waals surface area contributed by atoms with Crippen molar-refractivity contribution in [2.24, 2.45) is 0 Å². The second-order valence-electron chi connectivity index (χ2n) is 6.67. The van der Waals surface area contributed by atoms with E-state index in [2.05, 4.69) is 4.74 Å². The number of ether oxygens (including phenoxy) is 3. The highest BCUT2D eigenvalue weighted by Crippen LogP contribution is 2.29. The molecule has 32 heavy (non-hydrogen) atoms. The molecule has 1 aromatic rings. The third-order valence-corrected chi connectivity index (χ3v) is 3.55. The summed E-state index contributed by atoms with van der Waals surface area (Å²) in [6, 6.07) is 0. The van der Waals surface area contributed by atoms with Gasteiger partial charge >= 0.3 is 5.97 Å². The Bertz CT molecular complexity index is 669. The summed E-state index contributed by atoms with van der Waals surface area (Å²) in [6.07, 6.45) is 2.50. The molecule has 0 aromatic heterocycles. The summed E-state index contributed by atoms with van der Waals surface area (Å²) >= 11 is 0. The van der Waals surface area contributed by atoms with E-state index in [0.717, 1.165) is 19.8 Å². The predicted molar refractivity (Wildman–Crippen MR) is 107 cm³/mol. The van der Waals surface area contributed by atoms with Gasteiger partial charge in [0.1, 0.15) is 6.29 Å². The molecule has 0 aliphatic carbocycles. The summed E-state index contributed by atoms with van der Waals surface area (Å²) in [5, 5.41) is 7.00. The first-order valence-electron chi connectivity index (χ1n) is 9.84. The molecule has 1 N–H and O–H groups in total. The van der Waals surface area contributed by atoms with Crippen LogP contribution >= 0.6 is 0 Å². The first-order chi connectivity index (χ1) is 15.0. The lowest BCUT2D eigenvalue weighted by molar-refractivity contribution is -0.136. The lowest BCUT2D eigenvalue weighted by atomic mass is 10.1. The predicted octanol–water partition coefficient (Wildman–Crippen LogP) is 4.49. The maximum atomic E-state index is 13.4. The Morgan fingerprint density at radius 1 is 0.906 bits per heavy atom. The van der Waals surface area contributed by atoms with Crippen LogP contribution in [0.3, 0.4) is 0 Å². The van der Waals surface area contributed by atoms with Crippen LogP contribution in [0.15, 0.2) is 0 Å². The standard InChI is InChI=1S/C17H21F5O4.C3H6O.CH4O/c1-4-7-25-17(2,3)6-9-24-8-5-10(23)26-16-14(21)12(19)11(18)13(20)15(16)22;1-2-3-4;1-2/h4-9H2,1-3H3;3H,2H2,1H3;2H,1H3. The minimum absolute atomic E-state index is 0.141. The van der Waals surface area contributed by atoms with Crippen molar-refractivity contribution < 1.29 is 50.9 Å². The summed E-state index contributed by atoms with van der Waals surface area (Å²) in [7, 11) is 1.00. The lowest BCUT2D eigenvalue weighted by Crippen LogP contribution is -2.27. The van der Waals surface area contributed by atoms with Crippen molar-refractivity contribution in [2.75, 3.05) is 26.9 Å². The van der Waals surface area contributed by atoms with E-state index in [4.69, 9.17) is 14.6 Å². The van der Waals surface area contributed by atoms with Crippen LogP contribution in [-0.4, -0.2) is 49.9 Å². The Labute approximate surface area is 184 Å². The SMILES string of the molecule is CCC=O.CCCOC(C)(C)CCOCCC(=O)Oc1c(F)c(F)c(F)c(F)c1F.CO. The van der Waals surface area contributed by atoms with Crippen molar-refractivity contribution in [2.45, 2.75) is 59.0 Å². The van der Waals surface area contributed by atoms with Crippen LogP contribution in [0.25, 0.3) is 0 Å². The van der Waals surface area contributed by atoms with E-state index in [1.807, 2.05) is 27.7 Å². The van der Waals surface area contributed by atoms with E-state index in [9.17, 15) is 31.5 Å². The molecular formula is C21H31F5O6. The number of halogens is 5. The molecule has 0 bridgehead atoms. The van der Waals surface area contributed by atoms with Crippen molar-refractivity contribution >= 4 is 12.3 Å². The van der Waals surface area contributed by atoms with Gasteiger partial charge in [0, 0.05) is 26.7 Å². The normalized spacial score (nSPS) is 10.5. The van der Waals surface area contributed by atoms with Crippen molar-refractivity contribution in [1.82, 2.24) is 0 Å². The largest absolute Gasteiger partial charge is 0.420 e. The molecule has 0 unspecified atom stereocenters. The van der Waals surface area contributed by atoms with Gasteiger partial charge in [-0.3, -0.25) is 4.79 Å². The highest BCUT2D eigenvalue weighted by Gasteiger charge is 2.28. The minimum Gasteiger partial charge on any atom is -0.420 e. The molecule has 0 fully saturated rings. The van der Waals surface area contributed by atoms with Gasteiger partial charge in [0.2, 0.25) is 34.8 Å². The van der Waals surface area contributed by atoms with Crippen molar-refractivity contribution in [3.63, 3.8) is 0 Å². The fourth-order valence-corrected chi connectivity index (χ4v) is 1.87. The molecule has 0 atom stereocenters. The number of carbonyl (C=O) groups is 2. The number of esters is 1. The van der Waals surface area contributed by atoms with E-state index in [1.54, 1.807) is 0 Å². The molecule has 1 aromatic carbocycles. The number of rotatable bonds is 11. The molecule has 0 amide bonds. The summed E-state index contributed by atoms with van der Waals surface area (Å²) in [6.45, 7) is 8.26. The van der Waals surface area contributed by atoms with Crippen LogP contribution in [0.5, 0.6) is 5.75 Å². The van der Waals surface area contributed by atoms with Crippen molar-refractivity contribution in [3.05, 3.63) is 29.1 Å². The monoisotopic (exact) mass is 474 g/mol. The van der Waals surface area contributed by atoms with Gasteiger partial charge in [-0.2, -0.15) is 8.78 Å². The van der Waals surface area contributed by atoms with Crippen molar-refractivity contribution in [1.29, 1.82) is 0 Å². The third kappa shape index (κ3) is 12.1. The van der Waals surface area contributed by atoms with E-state index >= 15 is 0 Å². The number of carbonyl (C=O) groups excluding carboxylic acids is 2. The third-order valence-electron chi connectivity index (χ3n) is 3.55. The molecule has 0 radical (unpaired) electrons. The fourth-order valence-electron chi connectivity index (χ4n) is 1.87. The molecule has 0 aliphatic heterocycles. The lowest BCUT2D eigenvalue weighted by Gasteiger charge is -2.24. The molecule has 11 heteroatoms. The molecule has 0 heterocycles. The molecular weight excluding hydrogens is 443 g/mol. The first kappa shape index (κ1) is 32.1. The zero-order chi connectivity index (χ0) is 25.3. The quantitative estimate of drug-likeness (QED) is 0.0968. The summed E-state index contributed by atoms with van der Waals surface area (Å²) in [4.78, 5) is 20.7. The number of aldehydes is 1. The van der Waals surface area contributed by atoms with Gasteiger partial charge in [-0.05, 0) is 26.7 Å². The Morgan fingerprint density at radius 2 is 1.38 bits per heavy atom.